The third-order valence-corrected chi connectivity index (χ3v) is 11.0. The molecule has 0 aliphatic heterocycles. The maximum Gasteiger partial charge on any atom is 0.0700 e. The molecule has 34 heavy (non-hydrogen) atoms. The van der Waals surface area contributed by atoms with Gasteiger partial charge in [0.05, 0.1) is 17.3 Å². The summed E-state index contributed by atoms with van der Waals surface area (Å²) in [6.07, 6.45) is 11.8. The summed E-state index contributed by atoms with van der Waals surface area (Å²) in [7, 11) is 0. The molecule has 0 bridgehead atoms. The highest BCUT2D eigenvalue weighted by Gasteiger charge is 2.61. The zero-order chi connectivity index (χ0) is 25.5. The molecule has 3 aliphatic rings. The lowest BCUT2D eigenvalue weighted by atomic mass is 9.47. The van der Waals surface area contributed by atoms with Crippen molar-refractivity contribution < 1.29 is 14.9 Å². The van der Waals surface area contributed by atoms with Gasteiger partial charge in [-0.25, -0.2) is 0 Å². The van der Waals surface area contributed by atoms with Crippen LogP contribution in [0, 0.1) is 46.3 Å². The van der Waals surface area contributed by atoms with E-state index in [0.717, 1.165) is 37.0 Å². The van der Waals surface area contributed by atoms with Crippen LogP contribution in [-0.2, 0) is 4.74 Å². The molecule has 3 nitrogen and oxygen atoms in total. The molecule has 0 heterocycles. The molecule has 3 fully saturated rings. The van der Waals surface area contributed by atoms with Crippen molar-refractivity contribution in [3.05, 3.63) is 0 Å². The lowest BCUT2D eigenvalue weighted by Gasteiger charge is -2.60. The molecule has 0 aromatic rings. The minimum Gasteiger partial charge on any atom is -0.396 e. The van der Waals surface area contributed by atoms with Crippen LogP contribution in [0.3, 0.4) is 0 Å². The molecule has 200 valence electrons. The van der Waals surface area contributed by atoms with E-state index in [1.165, 1.54) is 38.5 Å². The zero-order valence-electron chi connectivity index (χ0n) is 24.1. The van der Waals surface area contributed by atoms with Gasteiger partial charge < -0.3 is 14.9 Å². The van der Waals surface area contributed by atoms with E-state index < -0.39 is 5.60 Å². The third kappa shape index (κ3) is 5.57. The van der Waals surface area contributed by atoms with Gasteiger partial charge in [0.2, 0.25) is 0 Å². The van der Waals surface area contributed by atoms with Gasteiger partial charge in [0.1, 0.15) is 0 Å². The summed E-state index contributed by atoms with van der Waals surface area (Å²) in [5.74, 6) is 3.63. The molecule has 3 aliphatic carbocycles. The number of fused-ring (bicyclic) bond motifs is 1. The molecular weight excluding hydrogens is 420 g/mol. The molecule has 0 aromatic heterocycles. The number of hydrogen-bond acceptors (Lipinski definition) is 3. The summed E-state index contributed by atoms with van der Waals surface area (Å²) in [6.45, 7) is 20.7. The number of rotatable bonds is 8. The molecule has 3 saturated carbocycles. The summed E-state index contributed by atoms with van der Waals surface area (Å²) in [4.78, 5) is 0. The van der Waals surface area contributed by atoms with Crippen LogP contribution in [0.5, 0.6) is 0 Å². The van der Waals surface area contributed by atoms with Gasteiger partial charge >= 0.3 is 0 Å². The molecule has 0 radical (unpaired) electrons. The van der Waals surface area contributed by atoms with Gasteiger partial charge in [0, 0.05) is 13.0 Å². The van der Waals surface area contributed by atoms with E-state index in [0.29, 0.717) is 29.6 Å². The Kier molecular flexibility index (Phi) is 8.64. The number of hydrogen-bond donors (Lipinski definition) is 2. The summed E-state index contributed by atoms with van der Waals surface area (Å²) in [5.41, 5.74) is -0.773. The second-order valence-corrected chi connectivity index (χ2v) is 14.9. The largest absolute Gasteiger partial charge is 0.396 e. The first-order valence-electron chi connectivity index (χ1n) is 14.7. The highest BCUT2D eigenvalue weighted by molar-refractivity contribution is 5.10. The normalized spacial score (nSPS) is 44.3. The van der Waals surface area contributed by atoms with Gasteiger partial charge in [-0.1, -0.05) is 53.9 Å². The van der Waals surface area contributed by atoms with Crippen molar-refractivity contribution in [3.63, 3.8) is 0 Å². The van der Waals surface area contributed by atoms with Crippen molar-refractivity contribution in [3.8, 4) is 0 Å². The van der Waals surface area contributed by atoms with Crippen molar-refractivity contribution in [1.82, 2.24) is 0 Å². The molecule has 0 amide bonds. The van der Waals surface area contributed by atoms with E-state index in [1.807, 2.05) is 0 Å². The van der Waals surface area contributed by atoms with Crippen molar-refractivity contribution >= 4 is 0 Å². The van der Waals surface area contributed by atoms with E-state index in [-0.39, 0.29) is 23.7 Å². The van der Waals surface area contributed by atoms with Crippen LogP contribution >= 0.6 is 0 Å². The molecule has 0 spiro atoms. The molecule has 9 atom stereocenters. The van der Waals surface area contributed by atoms with E-state index in [2.05, 4.69) is 62.3 Å². The van der Waals surface area contributed by atoms with Crippen molar-refractivity contribution in [2.45, 2.75) is 144 Å². The van der Waals surface area contributed by atoms with Crippen molar-refractivity contribution in [2.75, 3.05) is 6.61 Å². The first kappa shape index (κ1) is 28.5. The van der Waals surface area contributed by atoms with Crippen molar-refractivity contribution in [2.24, 2.45) is 46.3 Å². The fourth-order valence-electron chi connectivity index (χ4n) is 9.05. The Morgan fingerprint density at radius 1 is 0.912 bits per heavy atom. The van der Waals surface area contributed by atoms with Crippen LogP contribution < -0.4 is 0 Å². The maximum absolute atomic E-state index is 11.9. The fraction of sp³-hybridized carbons (Fsp3) is 1.00. The van der Waals surface area contributed by atoms with Crippen LogP contribution in [0.4, 0.5) is 0 Å². The average molecular weight is 479 g/mol. The highest BCUT2D eigenvalue weighted by Crippen LogP contribution is 2.65. The number of ether oxygens (including phenoxy) is 1. The van der Waals surface area contributed by atoms with E-state index in [1.54, 1.807) is 0 Å². The molecule has 0 saturated heterocycles. The Hall–Kier alpha value is -0.120. The molecule has 2 N–H and O–H groups in total. The van der Waals surface area contributed by atoms with Gasteiger partial charge in [0.15, 0.2) is 0 Å². The van der Waals surface area contributed by atoms with Gasteiger partial charge in [-0.2, -0.15) is 0 Å². The molecule has 3 rings (SSSR count). The van der Waals surface area contributed by atoms with Crippen LogP contribution in [-0.4, -0.2) is 34.1 Å². The second-order valence-electron chi connectivity index (χ2n) is 14.9. The standard InChI is InChI=1S/C31H58O3/c1-21(2)11-10-12-22(3)25-13-14-26-24(20-32)27(16-17-29(25,26)7)30(8)18-15-23(19-31(30,9)33)34-28(4,5)6/h21-27,32-33H,10-20H2,1-9H3/t22-,23-,24+,25+,26-,27-,29+,30+,31-/m0/s1. The van der Waals surface area contributed by atoms with Gasteiger partial charge in [-0.15, -0.1) is 0 Å². The monoisotopic (exact) mass is 478 g/mol. The predicted molar refractivity (Wildman–Crippen MR) is 143 cm³/mol. The fourth-order valence-corrected chi connectivity index (χ4v) is 9.05. The Labute approximate surface area is 211 Å². The summed E-state index contributed by atoms with van der Waals surface area (Å²) >= 11 is 0. The lowest BCUT2D eigenvalue weighted by molar-refractivity contribution is -0.203. The van der Waals surface area contributed by atoms with Crippen LogP contribution in [0.2, 0.25) is 0 Å². The third-order valence-electron chi connectivity index (χ3n) is 11.0. The topological polar surface area (TPSA) is 49.7 Å². The summed E-state index contributed by atoms with van der Waals surface area (Å²) in [5, 5.41) is 22.6. The second kappa shape index (κ2) is 10.3. The van der Waals surface area contributed by atoms with Crippen LogP contribution in [0.15, 0.2) is 0 Å². The average Bonchev–Trinajstić information content (AvgIpc) is 3.05. The Morgan fingerprint density at radius 3 is 2.15 bits per heavy atom. The molecule has 0 aromatic carbocycles. The number of aliphatic hydroxyl groups is 2. The summed E-state index contributed by atoms with van der Waals surface area (Å²) in [6, 6.07) is 0. The minimum atomic E-state index is -0.769. The smallest absolute Gasteiger partial charge is 0.0700 e. The molecular formula is C31H58O3. The first-order valence-corrected chi connectivity index (χ1v) is 14.7. The predicted octanol–water partition coefficient (Wildman–Crippen LogP) is 7.62. The van der Waals surface area contributed by atoms with E-state index in [4.69, 9.17) is 4.74 Å². The maximum atomic E-state index is 11.9. The minimum absolute atomic E-state index is 0.118. The highest BCUT2D eigenvalue weighted by atomic mass is 16.5. The van der Waals surface area contributed by atoms with Gasteiger partial charge in [-0.05, 0) is 113 Å². The zero-order valence-corrected chi connectivity index (χ0v) is 24.1. The van der Waals surface area contributed by atoms with Crippen molar-refractivity contribution in [1.29, 1.82) is 0 Å². The first-order chi connectivity index (χ1) is 15.6. The van der Waals surface area contributed by atoms with Gasteiger partial charge in [-0.3, -0.25) is 0 Å². The molecule has 0 unspecified atom stereocenters. The SMILES string of the molecule is CC(C)CCC[C@H](C)[C@H]1CC[C@H]2[C@@H](CO)[C@@H]([C@@]3(C)CC[C@H](OC(C)(C)C)C[C@]3(C)O)CC[C@]12C. The lowest BCUT2D eigenvalue weighted by Crippen LogP contribution is -2.59. The molecule has 3 heteroatoms. The van der Waals surface area contributed by atoms with Crippen LogP contribution in [0.1, 0.15) is 127 Å². The van der Waals surface area contributed by atoms with E-state index in [9.17, 15) is 10.2 Å². The quantitative estimate of drug-likeness (QED) is 0.377. The Balaban J connectivity index is 1.75. The Morgan fingerprint density at radius 2 is 1.59 bits per heavy atom. The summed E-state index contributed by atoms with van der Waals surface area (Å²) < 4.78 is 6.31. The van der Waals surface area contributed by atoms with Crippen LogP contribution in [0.25, 0.3) is 0 Å². The van der Waals surface area contributed by atoms with Gasteiger partial charge in [0.25, 0.3) is 0 Å². The Bertz CT molecular complexity index is 664. The van der Waals surface area contributed by atoms with E-state index >= 15 is 0 Å². The number of aliphatic hydroxyl groups excluding tert-OH is 1.